The highest BCUT2D eigenvalue weighted by molar-refractivity contribution is 7.92. The minimum atomic E-state index is -4.33. The van der Waals surface area contributed by atoms with Crippen LogP contribution in [-0.2, 0) is 10.0 Å². The van der Waals surface area contributed by atoms with Crippen LogP contribution in [0, 0.1) is 5.92 Å². The first-order valence-corrected chi connectivity index (χ1v) is 8.43. The lowest BCUT2D eigenvalue weighted by molar-refractivity contribution is -0.134. The number of rotatable bonds is 7. The molecule has 1 N–H and O–H groups in total. The van der Waals surface area contributed by atoms with Gasteiger partial charge < -0.3 is 0 Å². The van der Waals surface area contributed by atoms with Gasteiger partial charge in [-0.2, -0.15) is 18.3 Å². The summed E-state index contributed by atoms with van der Waals surface area (Å²) in [5.41, 5.74) is 0.287. The number of sulfonamides is 1. The average Bonchev–Trinajstić information content (AvgIpc) is 3.07. The van der Waals surface area contributed by atoms with Crippen LogP contribution >= 0.6 is 0 Å². The molecular weight excluding hydrogens is 307 g/mol. The van der Waals surface area contributed by atoms with Gasteiger partial charge in [-0.25, -0.2) is 8.42 Å². The summed E-state index contributed by atoms with van der Waals surface area (Å²) in [7, 11) is -3.78. The molecule has 1 fully saturated rings. The fourth-order valence-corrected chi connectivity index (χ4v) is 3.19. The van der Waals surface area contributed by atoms with E-state index in [1.807, 2.05) is 6.92 Å². The Kier molecular flexibility index (Phi) is 4.50. The first-order valence-electron chi connectivity index (χ1n) is 6.78. The van der Waals surface area contributed by atoms with E-state index in [4.69, 9.17) is 0 Å². The van der Waals surface area contributed by atoms with E-state index in [0.29, 0.717) is 5.92 Å². The van der Waals surface area contributed by atoms with Crippen molar-refractivity contribution in [3.05, 3.63) is 12.4 Å². The lowest BCUT2D eigenvalue weighted by Gasteiger charge is -2.10. The number of alkyl halides is 3. The number of hydrogen-bond acceptors (Lipinski definition) is 3. The van der Waals surface area contributed by atoms with Crippen LogP contribution in [0.4, 0.5) is 18.9 Å². The zero-order chi connectivity index (χ0) is 15.7. The topological polar surface area (TPSA) is 64.0 Å². The van der Waals surface area contributed by atoms with Gasteiger partial charge >= 0.3 is 6.18 Å². The van der Waals surface area contributed by atoms with Crippen molar-refractivity contribution in [3.8, 4) is 0 Å². The molecule has 0 aromatic carbocycles. The Hall–Kier alpha value is -1.25. The molecule has 0 radical (unpaired) electrons. The SMILES string of the molecule is C[C@@H](C1CC1)n1cc(NS(=O)(=O)CCCC(F)(F)F)cn1. The normalized spacial score (nSPS) is 17.7. The molecule has 1 saturated carbocycles. The van der Waals surface area contributed by atoms with Gasteiger partial charge in [-0.15, -0.1) is 0 Å². The summed E-state index contributed by atoms with van der Waals surface area (Å²) < 4.78 is 63.3. The molecule has 1 aromatic heterocycles. The number of halogens is 3. The Balaban J connectivity index is 1.88. The maximum absolute atomic E-state index is 12.0. The summed E-state index contributed by atoms with van der Waals surface area (Å²) >= 11 is 0. The van der Waals surface area contributed by atoms with Crippen molar-refractivity contribution < 1.29 is 21.6 Å². The van der Waals surface area contributed by atoms with Crippen LogP contribution in [0.25, 0.3) is 0 Å². The Labute approximate surface area is 121 Å². The highest BCUT2D eigenvalue weighted by atomic mass is 32.2. The van der Waals surface area contributed by atoms with E-state index in [-0.39, 0.29) is 11.7 Å². The predicted octanol–water partition coefficient (Wildman–Crippen LogP) is 2.94. The minimum Gasteiger partial charge on any atom is -0.280 e. The fourth-order valence-electron chi connectivity index (χ4n) is 2.10. The van der Waals surface area contributed by atoms with E-state index in [1.165, 1.54) is 6.20 Å². The molecule has 1 aliphatic carbocycles. The minimum absolute atomic E-state index is 0.202. The highest BCUT2D eigenvalue weighted by Crippen LogP contribution is 2.39. The average molecular weight is 325 g/mol. The van der Waals surface area contributed by atoms with Crippen LogP contribution in [0.1, 0.15) is 38.6 Å². The second kappa shape index (κ2) is 5.86. The molecule has 0 spiro atoms. The van der Waals surface area contributed by atoms with Crippen LogP contribution in [0.5, 0.6) is 0 Å². The quantitative estimate of drug-likeness (QED) is 0.838. The Morgan fingerprint density at radius 1 is 1.48 bits per heavy atom. The number of nitrogens with one attached hydrogen (secondary N) is 1. The maximum atomic E-state index is 12.0. The molecule has 0 saturated heterocycles. The van der Waals surface area contributed by atoms with E-state index in [1.54, 1.807) is 10.9 Å². The van der Waals surface area contributed by atoms with Crippen molar-refractivity contribution in [1.82, 2.24) is 9.78 Å². The molecular formula is C12H18F3N3O2S. The van der Waals surface area contributed by atoms with Crippen molar-refractivity contribution in [3.63, 3.8) is 0 Å². The largest absolute Gasteiger partial charge is 0.389 e. The lowest BCUT2D eigenvalue weighted by Crippen LogP contribution is -2.18. The van der Waals surface area contributed by atoms with Crippen LogP contribution in [0.15, 0.2) is 12.4 Å². The predicted molar refractivity (Wildman–Crippen MR) is 72.4 cm³/mol. The number of anilines is 1. The van der Waals surface area contributed by atoms with E-state index in [0.717, 1.165) is 12.8 Å². The van der Waals surface area contributed by atoms with Gasteiger partial charge in [-0.3, -0.25) is 9.40 Å². The second-order valence-electron chi connectivity index (χ2n) is 5.43. The van der Waals surface area contributed by atoms with Crippen molar-refractivity contribution in [2.75, 3.05) is 10.5 Å². The number of nitrogens with zero attached hydrogens (tertiary/aromatic N) is 2. The molecule has 5 nitrogen and oxygen atoms in total. The summed E-state index contributed by atoms with van der Waals surface area (Å²) in [5.74, 6) is 0.0108. The monoisotopic (exact) mass is 325 g/mol. The summed E-state index contributed by atoms with van der Waals surface area (Å²) in [6, 6.07) is 0.202. The number of aromatic nitrogens is 2. The smallest absolute Gasteiger partial charge is 0.280 e. The molecule has 0 bridgehead atoms. The Morgan fingerprint density at radius 2 is 2.14 bits per heavy atom. The van der Waals surface area contributed by atoms with Gasteiger partial charge in [0.25, 0.3) is 0 Å². The van der Waals surface area contributed by atoms with Gasteiger partial charge in [0.05, 0.1) is 23.7 Å². The molecule has 0 amide bonds. The van der Waals surface area contributed by atoms with Crippen LogP contribution in [0.3, 0.4) is 0 Å². The van der Waals surface area contributed by atoms with Gasteiger partial charge in [-0.1, -0.05) is 0 Å². The fraction of sp³-hybridized carbons (Fsp3) is 0.750. The van der Waals surface area contributed by atoms with E-state index in [2.05, 4.69) is 9.82 Å². The molecule has 120 valence electrons. The molecule has 1 aromatic rings. The molecule has 1 heterocycles. The zero-order valence-corrected chi connectivity index (χ0v) is 12.4. The van der Waals surface area contributed by atoms with Gasteiger partial charge in [-0.05, 0) is 32.1 Å². The van der Waals surface area contributed by atoms with Crippen LogP contribution in [0.2, 0.25) is 0 Å². The second-order valence-corrected chi connectivity index (χ2v) is 7.27. The van der Waals surface area contributed by atoms with E-state index in [9.17, 15) is 21.6 Å². The van der Waals surface area contributed by atoms with Gasteiger partial charge in [0.15, 0.2) is 0 Å². The third-order valence-electron chi connectivity index (χ3n) is 3.47. The van der Waals surface area contributed by atoms with E-state index >= 15 is 0 Å². The summed E-state index contributed by atoms with van der Waals surface area (Å²) in [6.45, 7) is 2.01. The molecule has 1 atom stereocenters. The van der Waals surface area contributed by atoms with Crippen LogP contribution in [-0.4, -0.2) is 30.1 Å². The van der Waals surface area contributed by atoms with E-state index < -0.39 is 34.8 Å². The van der Waals surface area contributed by atoms with Gasteiger partial charge in [0.1, 0.15) is 0 Å². The first kappa shape index (κ1) is 16.1. The Bertz CT molecular complexity index is 579. The van der Waals surface area contributed by atoms with Crippen molar-refractivity contribution >= 4 is 15.7 Å². The first-order chi connectivity index (χ1) is 9.66. The molecule has 21 heavy (non-hydrogen) atoms. The molecule has 9 heteroatoms. The van der Waals surface area contributed by atoms with Crippen molar-refractivity contribution in [2.45, 2.75) is 44.8 Å². The third-order valence-corrected chi connectivity index (χ3v) is 4.84. The Morgan fingerprint density at radius 3 is 2.71 bits per heavy atom. The zero-order valence-electron chi connectivity index (χ0n) is 11.6. The summed E-state index contributed by atoms with van der Waals surface area (Å²) in [6.07, 6.45) is -0.666. The summed E-state index contributed by atoms with van der Waals surface area (Å²) in [4.78, 5) is 0. The molecule has 0 aliphatic heterocycles. The lowest BCUT2D eigenvalue weighted by atomic mass is 10.2. The van der Waals surface area contributed by atoms with Crippen LogP contribution < -0.4 is 4.72 Å². The number of hydrogen-bond donors (Lipinski definition) is 1. The summed E-state index contributed by atoms with van der Waals surface area (Å²) in [5, 5.41) is 4.09. The molecule has 1 aliphatic rings. The highest BCUT2D eigenvalue weighted by Gasteiger charge is 2.30. The van der Waals surface area contributed by atoms with Crippen molar-refractivity contribution in [1.29, 1.82) is 0 Å². The third kappa shape index (κ3) is 5.22. The van der Waals surface area contributed by atoms with Crippen molar-refractivity contribution in [2.24, 2.45) is 5.92 Å². The molecule has 0 unspecified atom stereocenters. The standard InChI is InChI=1S/C12H18F3N3O2S/c1-9(10-3-4-10)18-8-11(7-16-18)17-21(19,20)6-2-5-12(13,14)15/h7-10,17H,2-6H2,1H3/t9-/m0/s1. The van der Waals surface area contributed by atoms with Gasteiger partial charge in [0, 0.05) is 12.6 Å². The maximum Gasteiger partial charge on any atom is 0.389 e. The molecule has 2 rings (SSSR count). The van der Waals surface area contributed by atoms with Gasteiger partial charge in [0.2, 0.25) is 10.0 Å².